The van der Waals surface area contributed by atoms with E-state index < -0.39 is 21.2 Å². The summed E-state index contributed by atoms with van der Waals surface area (Å²) in [6, 6.07) is 9.10. The Kier molecular flexibility index (Phi) is 5.11. The molecule has 0 saturated carbocycles. The summed E-state index contributed by atoms with van der Waals surface area (Å²) >= 11 is 1.45. The third kappa shape index (κ3) is 2.60. The minimum atomic E-state index is -2.05. The fourth-order valence-electron chi connectivity index (χ4n) is 2.17. The van der Waals surface area contributed by atoms with Crippen molar-refractivity contribution in [2.24, 2.45) is 0 Å². The molecular formula is C12H19BrPb. The molecule has 0 aliphatic rings. The SMILES string of the molecule is C[CH2][Pb]([CH2]C)([CH2]C)[c]1ccc(Br)cc1. The molecule has 0 aliphatic heterocycles. The molecule has 0 aromatic heterocycles. The third-order valence-electron chi connectivity index (χ3n) is 3.49. The molecule has 0 aliphatic carbocycles. The number of halogens is 1. The molecule has 0 fully saturated rings. The van der Waals surface area contributed by atoms with Crippen LogP contribution < -0.4 is 3.12 Å². The average Bonchev–Trinajstić information content (AvgIpc) is 2.24. The van der Waals surface area contributed by atoms with Crippen molar-refractivity contribution < 1.29 is 0 Å². The predicted octanol–water partition coefficient (Wildman–Crippen LogP) is 4.16. The molecule has 0 amide bonds. The summed E-state index contributed by atoms with van der Waals surface area (Å²) in [4.78, 5) is 0. The number of hydrogen-bond acceptors (Lipinski definition) is 0. The van der Waals surface area contributed by atoms with Gasteiger partial charge in [-0.05, 0) is 0 Å². The molecule has 0 atom stereocenters. The summed E-state index contributed by atoms with van der Waals surface area (Å²) < 4.78 is 7.24. The summed E-state index contributed by atoms with van der Waals surface area (Å²) in [5.41, 5.74) is 0. The molecule has 0 heterocycles. The Labute approximate surface area is 101 Å². The first-order valence-corrected chi connectivity index (χ1v) is 16.4. The van der Waals surface area contributed by atoms with Gasteiger partial charge in [-0.2, -0.15) is 0 Å². The van der Waals surface area contributed by atoms with Crippen LogP contribution in [-0.2, 0) is 0 Å². The summed E-state index contributed by atoms with van der Waals surface area (Å²) in [6.07, 6.45) is 0. The molecule has 78 valence electrons. The molecule has 1 aromatic rings. The molecule has 0 saturated heterocycles. The normalized spacial score (nSPS) is 11.7. The van der Waals surface area contributed by atoms with E-state index in [-0.39, 0.29) is 0 Å². The van der Waals surface area contributed by atoms with Gasteiger partial charge in [0, 0.05) is 0 Å². The van der Waals surface area contributed by atoms with Gasteiger partial charge in [0.1, 0.15) is 0 Å². The fourth-order valence-corrected chi connectivity index (χ4v) is 16.4. The molecule has 1 rings (SSSR count). The van der Waals surface area contributed by atoms with Crippen LogP contribution in [0.5, 0.6) is 0 Å². The third-order valence-corrected chi connectivity index (χ3v) is 25.9. The zero-order valence-corrected chi connectivity index (χ0v) is 14.8. The predicted molar refractivity (Wildman–Crippen MR) is 71.0 cm³/mol. The van der Waals surface area contributed by atoms with Crippen LogP contribution in [0.3, 0.4) is 0 Å². The molecule has 0 bridgehead atoms. The van der Waals surface area contributed by atoms with E-state index in [0.29, 0.717) is 0 Å². The van der Waals surface area contributed by atoms with Crippen LogP contribution in [0.4, 0.5) is 0 Å². The van der Waals surface area contributed by atoms with E-state index in [9.17, 15) is 0 Å². The van der Waals surface area contributed by atoms with Gasteiger partial charge in [-0.1, -0.05) is 0 Å². The van der Waals surface area contributed by atoms with E-state index in [2.05, 4.69) is 61.0 Å². The first kappa shape index (κ1) is 12.7. The molecule has 0 unspecified atom stereocenters. The van der Waals surface area contributed by atoms with Gasteiger partial charge in [0.2, 0.25) is 0 Å². The van der Waals surface area contributed by atoms with Gasteiger partial charge < -0.3 is 0 Å². The van der Waals surface area contributed by atoms with Crippen LogP contribution >= 0.6 is 15.9 Å². The van der Waals surface area contributed by atoms with Crippen LogP contribution in [0.25, 0.3) is 0 Å². The Hall–Kier alpha value is 0.622. The molecule has 0 N–H and O–H groups in total. The second-order valence-electron chi connectivity index (χ2n) is 3.85. The van der Waals surface area contributed by atoms with E-state index >= 15 is 0 Å². The van der Waals surface area contributed by atoms with Gasteiger partial charge in [0.25, 0.3) is 0 Å². The van der Waals surface area contributed by atoms with Gasteiger partial charge in [-0.25, -0.2) is 0 Å². The van der Waals surface area contributed by atoms with Crippen molar-refractivity contribution in [3.63, 3.8) is 0 Å². The first-order chi connectivity index (χ1) is 6.68. The monoisotopic (exact) mass is 450 g/mol. The molecule has 2 heteroatoms. The van der Waals surface area contributed by atoms with Crippen LogP contribution in [-0.4, -0.2) is 21.2 Å². The standard InChI is InChI=1S/C6H4Br.3C2H5.Pb/c7-6-4-2-1-3-5-6;3*1-2;/h2-5H;3*1H2,2H3;. The topological polar surface area (TPSA) is 0 Å². The van der Waals surface area contributed by atoms with Crippen LogP contribution in [0.1, 0.15) is 20.8 Å². The van der Waals surface area contributed by atoms with Gasteiger partial charge >= 0.3 is 102 Å². The van der Waals surface area contributed by atoms with Crippen LogP contribution in [0.2, 0.25) is 11.9 Å². The van der Waals surface area contributed by atoms with E-state index in [4.69, 9.17) is 0 Å². The van der Waals surface area contributed by atoms with Gasteiger partial charge in [-0.15, -0.1) is 0 Å². The van der Waals surface area contributed by atoms with E-state index in [1.54, 1.807) is 3.12 Å². The Morgan fingerprint density at radius 3 is 1.71 bits per heavy atom. The quantitative estimate of drug-likeness (QED) is 0.605. The van der Waals surface area contributed by atoms with Crippen molar-refractivity contribution in [1.29, 1.82) is 0 Å². The van der Waals surface area contributed by atoms with E-state index in [0.717, 1.165) is 0 Å². The maximum atomic E-state index is 3.50. The summed E-state index contributed by atoms with van der Waals surface area (Å²) in [6.45, 7) is 7.16. The Bertz CT molecular complexity index is 267. The van der Waals surface area contributed by atoms with Crippen molar-refractivity contribution >= 4 is 40.2 Å². The number of hydrogen-bond donors (Lipinski definition) is 0. The molecule has 0 spiro atoms. The van der Waals surface area contributed by atoms with Crippen LogP contribution in [0.15, 0.2) is 28.7 Å². The van der Waals surface area contributed by atoms with Crippen molar-refractivity contribution in [3.8, 4) is 0 Å². The fraction of sp³-hybridized carbons (Fsp3) is 0.500. The average molecular weight is 450 g/mol. The zero-order chi connectivity index (χ0) is 10.6. The van der Waals surface area contributed by atoms with Crippen LogP contribution in [0, 0.1) is 0 Å². The van der Waals surface area contributed by atoms with Crippen molar-refractivity contribution in [2.75, 3.05) is 0 Å². The Morgan fingerprint density at radius 2 is 1.36 bits per heavy atom. The summed E-state index contributed by atoms with van der Waals surface area (Å²) in [5.74, 6) is 0. The molecule has 0 radical (unpaired) electrons. The van der Waals surface area contributed by atoms with Crippen molar-refractivity contribution in [2.45, 2.75) is 32.7 Å². The first-order valence-electron chi connectivity index (χ1n) is 5.44. The van der Waals surface area contributed by atoms with Gasteiger partial charge in [-0.3, -0.25) is 0 Å². The second kappa shape index (κ2) is 5.64. The Balaban J connectivity index is 3.05. The molecule has 1 aromatic carbocycles. The molecule has 0 nitrogen and oxygen atoms in total. The number of benzene rings is 1. The van der Waals surface area contributed by atoms with Gasteiger partial charge in [0.15, 0.2) is 0 Å². The molecule has 14 heavy (non-hydrogen) atoms. The minimum absolute atomic E-state index is 1.20. The maximum absolute atomic E-state index is 3.50. The summed E-state index contributed by atoms with van der Waals surface area (Å²) in [7, 11) is 0. The Morgan fingerprint density at radius 1 is 0.929 bits per heavy atom. The van der Waals surface area contributed by atoms with E-state index in [1.165, 1.54) is 16.4 Å². The van der Waals surface area contributed by atoms with E-state index in [1.807, 2.05) is 0 Å². The molecular weight excluding hydrogens is 431 g/mol. The zero-order valence-electron chi connectivity index (χ0n) is 9.31. The van der Waals surface area contributed by atoms with Crippen molar-refractivity contribution in [3.05, 3.63) is 28.7 Å². The van der Waals surface area contributed by atoms with Gasteiger partial charge in [0.05, 0.1) is 0 Å². The number of rotatable bonds is 4. The summed E-state index contributed by atoms with van der Waals surface area (Å²) in [5, 5.41) is 0. The second-order valence-corrected chi connectivity index (χ2v) is 25.2. The van der Waals surface area contributed by atoms with Crippen molar-refractivity contribution in [1.82, 2.24) is 0 Å².